The number of hydrogen-bond acceptors (Lipinski definition) is 4. The lowest BCUT2D eigenvalue weighted by Gasteiger charge is -2.14. The fourth-order valence-electron chi connectivity index (χ4n) is 2.42. The summed E-state index contributed by atoms with van der Waals surface area (Å²) in [6.07, 6.45) is 0. The Labute approximate surface area is 128 Å². The lowest BCUT2D eigenvalue weighted by molar-refractivity contribution is 0.591. The lowest BCUT2D eigenvalue weighted by Crippen LogP contribution is -2.21. The fourth-order valence-corrected chi connectivity index (χ4v) is 4.93. The van der Waals surface area contributed by atoms with Gasteiger partial charge in [-0.15, -0.1) is 11.3 Å². The molecule has 3 rings (SSSR count). The second-order valence-corrected chi connectivity index (χ2v) is 8.10. The van der Waals surface area contributed by atoms with Crippen LogP contribution < -0.4 is 5.73 Å². The summed E-state index contributed by atoms with van der Waals surface area (Å²) in [5.41, 5.74) is 7.05. The maximum atomic E-state index is 12.3. The second-order valence-electron chi connectivity index (χ2n) is 4.89. The Balaban J connectivity index is 1.97. The van der Waals surface area contributed by atoms with Crippen LogP contribution in [0.1, 0.15) is 11.6 Å². The summed E-state index contributed by atoms with van der Waals surface area (Å²) in [7, 11) is -3.34. The van der Waals surface area contributed by atoms with Gasteiger partial charge in [-0.3, -0.25) is 0 Å². The molecule has 108 valence electrons. The van der Waals surface area contributed by atoms with Crippen molar-refractivity contribution >= 4 is 31.9 Å². The first kappa shape index (κ1) is 14.3. The van der Waals surface area contributed by atoms with Gasteiger partial charge >= 0.3 is 0 Å². The molecular formula is C16H15NO2S2. The van der Waals surface area contributed by atoms with E-state index in [4.69, 9.17) is 5.73 Å². The molecule has 2 N–H and O–H groups in total. The van der Waals surface area contributed by atoms with Crippen molar-refractivity contribution in [2.75, 3.05) is 5.75 Å². The van der Waals surface area contributed by atoms with E-state index in [-0.39, 0.29) is 5.75 Å². The van der Waals surface area contributed by atoms with E-state index in [9.17, 15) is 8.42 Å². The van der Waals surface area contributed by atoms with Crippen LogP contribution in [0.5, 0.6) is 0 Å². The van der Waals surface area contributed by atoms with E-state index in [2.05, 4.69) is 0 Å². The normalized spacial score (nSPS) is 13.4. The zero-order chi connectivity index (χ0) is 14.9. The Hall–Kier alpha value is -1.69. The molecule has 3 aromatic rings. The van der Waals surface area contributed by atoms with E-state index in [1.165, 1.54) is 11.3 Å². The Kier molecular flexibility index (Phi) is 3.80. The molecule has 0 aliphatic heterocycles. The van der Waals surface area contributed by atoms with Gasteiger partial charge in [0.2, 0.25) is 0 Å². The van der Waals surface area contributed by atoms with Crippen LogP contribution in [0, 0.1) is 0 Å². The summed E-state index contributed by atoms with van der Waals surface area (Å²) in [6.45, 7) is 0. The van der Waals surface area contributed by atoms with Crippen LogP contribution in [0.4, 0.5) is 0 Å². The van der Waals surface area contributed by atoms with E-state index in [1.807, 2.05) is 42.5 Å². The summed E-state index contributed by atoms with van der Waals surface area (Å²) in [6, 6.07) is 16.5. The van der Waals surface area contributed by atoms with Crippen molar-refractivity contribution in [1.82, 2.24) is 0 Å². The number of rotatable bonds is 4. The van der Waals surface area contributed by atoms with Gasteiger partial charge in [0.15, 0.2) is 9.84 Å². The minimum Gasteiger partial charge on any atom is -0.323 e. The molecule has 0 bridgehead atoms. The van der Waals surface area contributed by atoms with Crippen LogP contribution >= 0.6 is 11.3 Å². The van der Waals surface area contributed by atoms with Crippen molar-refractivity contribution in [3.8, 4) is 0 Å². The molecule has 1 aromatic heterocycles. The highest BCUT2D eigenvalue weighted by Gasteiger charge is 2.21. The zero-order valence-corrected chi connectivity index (χ0v) is 12.9. The molecule has 0 aliphatic carbocycles. The summed E-state index contributed by atoms with van der Waals surface area (Å²) in [4.78, 5) is 0. The molecular weight excluding hydrogens is 302 g/mol. The van der Waals surface area contributed by atoms with Gasteiger partial charge in [0, 0.05) is 6.04 Å². The van der Waals surface area contributed by atoms with Crippen molar-refractivity contribution in [3.63, 3.8) is 0 Å². The van der Waals surface area contributed by atoms with Crippen molar-refractivity contribution in [2.24, 2.45) is 5.73 Å². The largest absolute Gasteiger partial charge is 0.323 e. The predicted octanol–water partition coefficient (Wildman–Crippen LogP) is 3.38. The maximum absolute atomic E-state index is 12.3. The first-order valence-electron chi connectivity index (χ1n) is 6.57. The average Bonchev–Trinajstić information content (AvgIpc) is 3.01. The molecule has 0 fully saturated rings. The predicted molar refractivity (Wildman–Crippen MR) is 87.2 cm³/mol. The highest BCUT2D eigenvalue weighted by atomic mass is 32.2. The number of fused-ring (bicyclic) bond motifs is 1. The minimum absolute atomic E-state index is 0.0818. The highest BCUT2D eigenvalue weighted by Crippen LogP contribution is 2.26. The number of hydrogen-bond donors (Lipinski definition) is 1. The Morgan fingerprint density at radius 2 is 1.76 bits per heavy atom. The number of thiophene rings is 1. The van der Waals surface area contributed by atoms with Crippen molar-refractivity contribution < 1.29 is 8.42 Å². The molecule has 1 atom stereocenters. The van der Waals surface area contributed by atoms with Crippen LogP contribution in [0.2, 0.25) is 0 Å². The molecule has 2 aromatic carbocycles. The average molecular weight is 317 g/mol. The first-order valence-corrected chi connectivity index (χ1v) is 9.10. The van der Waals surface area contributed by atoms with Crippen LogP contribution in [0.3, 0.4) is 0 Å². The molecule has 0 saturated carbocycles. The topological polar surface area (TPSA) is 60.2 Å². The van der Waals surface area contributed by atoms with Crippen LogP contribution in [-0.2, 0) is 9.84 Å². The molecule has 1 heterocycles. The second kappa shape index (κ2) is 5.60. The highest BCUT2D eigenvalue weighted by molar-refractivity contribution is 7.93. The standard InChI is InChI=1S/C16H15NO2S2/c17-15(11-21(18,19)16-9-4-10-20-16)14-8-3-6-12-5-1-2-7-13(12)14/h1-10,15H,11,17H2. The molecule has 5 heteroatoms. The molecule has 0 amide bonds. The third kappa shape index (κ3) is 2.85. The third-order valence-corrected chi connectivity index (χ3v) is 6.68. The summed E-state index contributed by atoms with van der Waals surface area (Å²) >= 11 is 1.23. The van der Waals surface area contributed by atoms with E-state index in [0.717, 1.165) is 16.3 Å². The van der Waals surface area contributed by atoms with Gasteiger partial charge in [-0.2, -0.15) is 0 Å². The SMILES string of the molecule is NC(CS(=O)(=O)c1cccs1)c1cccc2ccccc12. The fraction of sp³-hybridized carbons (Fsp3) is 0.125. The Bertz CT molecular complexity index is 850. The van der Waals surface area contributed by atoms with E-state index < -0.39 is 15.9 Å². The monoisotopic (exact) mass is 317 g/mol. The summed E-state index contributed by atoms with van der Waals surface area (Å²) in [5, 5.41) is 3.84. The van der Waals surface area contributed by atoms with Crippen molar-refractivity contribution in [2.45, 2.75) is 10.3 Å². The number of nitrogens with two attached hydrogens (primary N) is 1. The van der Waals surface area contributed by atoms with E-state index in [1.54, 1.807) is 17.5 Å². The van der Waals surface area contributed by atoms with Crippen LogP contribution in [-0.4, -0.2) is 14.2 Å². The van der Waals surface area contributed by atoms with Gasteiger partial charge < -0.3 is 5.73 Å². The minimum atomic E-state index is -3.34. The van der Waals surface area contributed by atoms with Gasteiger partial charge in [-0.05, 0) is 27.8 Å². The van der Waals surface area contributed by atoms with Gasteiger partial charge in [0.1, 0.15) is 4.21 Å². The van der Waals surface area contributed by atoms with Gasteiger partial charge in [-0.1, -0.05) is 48.5 Å². The zero-order valence-electron chi connectivity index (χ0n) is 11.3. The molecule has 3 nitrogen and oxygen atoms in total. The van der Waals surface area contributed by atoms with Crippen LogP contribution in [0.15, 0.2) is 64.2 Å². The number of sulfone groups is 1. The van der Waals surface area contributed by atoms with Gasteiger partial charge in [-0.25, -0.2) is 8.42 Å². The van der Waals surface area contributed by atoms with E-state index >= 15 is 0 Å². The summed E-state index contributed by atoms with van der Waals surface area (Å²) in [5.74, 6) is -0.0818. The van der Waals surface area contributed by atoms with Crippen molar-refractivity contribution in [3.05, 3.63) is 65.5 Å². The Morgan fingerprint density at radius 1 is 1.00 bits per heavy atom. The molecule has 21 heavy (non-hydrogen) atoms. The first-order chi connectivity index (χ1) is 10.1. The lowest BCUT2D eigenvalue weighted by atomic mass is 10.0. The third-order valence-electron chi connectivity index (χ3n) is 3.42. The van der Waals surface area contributed by atoms with Gasteiger partial charge in [0.25, 0.3) is 0 Å². The summed E-state index contributed by atoms with van der Waals surface area (Å²) < 4.78 is 25.1. The van der Waals surface area contributed by atoms with Crippen molar-refractivity contribution in [1.29, 1.82) is 0 Å². The van der Waals surface area contributed by atoms with Crippen LogP contribution in [0.25, 0.3) is 10.8 Å². The molecule has 0 aliphatic rings. The molecule has 0 saturated heterocycles. The number of benzene rings is 2. The Morgan fingerprint density at radius 3 is 2.52 bits per heavy atom. The smallest absolute Gasteiger partial charge is 0.189 e. The molecule has 0 radical (unpaired) electrons. The van der Waals surface area contributed by atoms with Gasteiger partial charge in [0.05, 0.1) is 5.75 Å². The molecule has 0 spiro atoms. The quantitative estimate of drug-likeness (QED) is 0.802. The molecule has 1 unspecified atom stereocenters. The maximum Gasteiger partial charge on any atom is 0.189 e. The van der Waals surface area contributed by atoms with E-state index in [0.29, 0.717) is 4.21 Å².